The van der Waals surface area contributed by atoms with Gasteiger partial charge in [0.2, 0.25) is 0 Å². The van der Waals surface area contributed by atoms with Gasteiger partial charge >= 0.3 is 0 Å². The Morgan fingerprint density at radius 3 is 1.22 bits per heavy atom. The quantitative estimate of drug-likeness (QED) is 0.166. The molecule has 0 radical (unpaired) electrons. The van der Waals surface area contributed by atoms with Crippen molar-refractivity contribution < 1.29 is 0 Å². The molecule has 254 valence electrons. The molecule has 3 heterocycles. The minimum atomic E-state index is 0.568. The molecule has 0 N–H and O–H groups in total. The van der Waals surface area contributed by atoms with Crippen molar-refractivity contribution in [3.05, 3.63) is 188 Å². The average molecular weight is 694 g/mol. The third-order valence-corrected chi connectivity index (χ3v) is 9.59. The maximum Gasteiger partial charge on any atom is 0.164 e. The Balaban J connectivity index is 1.16. The molecule has 0 unspecified atom stereocenters. The predicted molar refractivity (Wildman–Crippen MR) is 216 cm³/mol. The second kappa shape index (κ2) is 13.2. The molecule has 0 aliphatic heterocycles. The Bertz CT molecular complexity index is 2900. The summed E-state index contributed by atoms with van der Waals surface area (Å²) in [5.74, 6) is 3.47. The molecular weight excluding hydrogens is 663 g/mol. The maximum absolute atomic E-state index is 5.19. The number of imidazole rings is 2. The molecule has 10 rings (SSSR count). The fraction of sp³-hybridized carbons (Fsp3) is 0. The fourth-order valence-electron chi connectivity index (χ4n) is 7.02. The number of hydrogen-bond donors (Lipinski definition) is 0. The normalized spacial score (nSPS) is 11.3. The number of hydrogen-bond acceptors (Lipinski definition) is 5. The number of benzene rings is 7. The lowest BCUT2D eigenvalue weighted by Crippen LogP contribution is -2.01. The van der Waals surface area contributed by atoms with Crippen molar-refractivity contribution >= 4 is 22.1 Å². The van der Waals surface area contributed by atoms with Crippen molar-refractivity contribution in [3.8, 4) is 68.3 Å². The monoisotopic (exact) mass is 693 g/mol. The average Bonchev–Trinajstić information content (AvgIpc) is 3.84. The number of fused-ring (bicyclic) bond motifs is 2. The van der Waals surface area contributed by atoms with Crippen LogP contribution in [0.4, 0.5) is 0 Å². The maximum atomic E-state index is 5.19. The van der Waals surface area contributed by atoms with E-state index in [-0.39, 0.29) is 0 Å². The largest absolute Gasteiger partial charge is 0.292 e. The molecule has 0 saturated heterocycles. The zero-order valence-corrected chi connectivity index (χ0v) is 29.0. The van der Waals surface area contributed by atoms with Crippen LogP contribution in [0.1, 0.15) is 0 Å². The molecule has 0 spiro atoms. The summed E-state index contributed by atoms with van der Waals surface area (Å²) in [6.07, 6.45) is 0. The SMILES string of the molecule is c1ccc(-c2nc(-c3ccc4c(c3)nc(-c3ccccc3)n4-c3ccccc3)nc(-c3ccc4nc(-c5ccccc5)n(-c5ccccc5)c4c3)n2)cc1. The van der Waals surface area contributed by atoms with E-state index in [1.807, 2.05) is 109 Å². The van der Waals surface area contributed by atoms with Crippen LogP contribution in [-0.4, -0.2) is 34.1 Å². The van der Waals surface area contributed by atoms with Crippen molar-refractivity contribution in [2.24, 2.45) is 0 Å². The lowest BCUT2D eigenvalue weighted by molar-refractivity contribution is 1.07. The van der Waals surface area contributed by atoms with Gasteiger partial charge in [0, 0.05) is 39.2 Å². The summed E-state index contributed by atoms with van der Waals surface area (Å²) in [6.45, 7) is 0. The molecule has 7 heteroatoms. The highest BCUT2D eigenvalue weighted by Crippen LogP contribution is 2.34. The van der Waals surface area contributed by atoms with Gasteiger partial charge in [0.1, 0.15) is 11.6 Å². The van der Waals surface area contributed by atoms with E-state index in [0.29, 0.717) is 17.5 Å². The van der Waals surface area contributed by atoms with Gasteiger partial charge in [-0.25, -0.2) is 24.9 Å². The van der Waals surface area contributed by atoms with Crippen molar-refractivity contribution in [1.82, 2.24) is 34.1 Å². The van der Waals surface area contributed by atoms with E-state index in [1.165, 1.54) is 0 Å². The topological polar surface area (TPSA) is 74.3 Å². The Hall–Kier alpha value is -7.51. The first-order valence-corrected chi connectivity index (χ1v) is 17.9. The van der Waals surface area contributed by atoms with Crippen LogP contribution in [0.2, 0.25) is 0 Å². The highest BCUT2D eigenvalue weighted by molar-refractivity contribution is 5.89. The standard InChI is InChI=1S/C47H31N7/c1-6-16-32(17-7-1)43-50-44(35-27-29-41-40(30-35)49-47(34-20-10-3-11-21-34)53(41)37-22-12-4-13-23-37)52-45(51-43)36-26-28-39-42(31-36)54(38-24-14-5-15-25-38)46(48-39)33-18-8-2-9-19-33/h1-31H. The van der Waals surface area contributed by atoms with E-state index in [0.717, 1.165) is 72.9 Å². The molecule has 0 fully saturated rings. The van der Waals surface area contributed by atoms with E-state index < -0.39 is 0 Å². The van der Waals surface area contributed by atoms with Crippen LogP contribution in [0.3, 0.4) is 0 Å². The molecule has 0 amide bonds. The third-order valence-electron chi connectivity index (χ3n) is 9.59. The summed E-state index contributed by atoms with van der Waals surface area (Å²) >= 11 is 0. The first-order chi connectivity index (χ1) is 26.8. The van der Waals surface area contributed by atoms with Crippen LogP contribution in [-0.2, 0) is 0 Å². The molecule has 7 aromatic carbocycles. The molecule has 7 nitrogen and oxygen atoms in total. The molecular formula is C47H31N7. The number of aromatic nitrogens is 7. The van der Waals surface area contributed by atoms with Crippen LogP contribution in [0, 0.1) is 0 Å². The van der Waals surface area contributed by atoms with Gasteiger partial charge < -0.3 is 0 Å². The summed E-state index contributed by atoms with van der Waals surface area (Å²) in [5, 5.41) is 0. The smallest absolute Gasteiger partial charge is 0.164 e. The van der Waals surface area contributed by atoms with Gasteiger partial charge in [-0.15, -0.1) is 0 Å². The summed E-state index contributed by atoms with van der Waals surface area (Å²) in [4.78, 5) is 25.5. The third kappa shape index (κ3) is 5.61. The highest BCUT2D eigenvalue weighted by Gasteiger charge is 2.19. The van der Waals surface area contributed by atoms with Crippen LogP contribution in [0.25, 0.3) is 90.4 Å². The van der Waals surface area contributed by atoms with E-state index in [9.17, 15) is 0 Å². The number of nitrogens with zero attached hydrogens (tertiary/aromatic N) is 7. The van der Waals surface area contributed by atoms with Crippen LogP contribution < -0.4 is 0 Å². The summed E-state index contributed by atoms with van der Waals surface area (Å²) < 4.78 is 4.41. The lowest BCUT2D eigenvalue weighted by Gasteiger charge is -2.11. The van der Waals surface area contributed by atoms with Crippen LogP contribution >= 0.6 is 0 Å². The van der Waals surface area contributed by atoms with Gasteiger partial charge in [-0.2, -0.15) is 0 Å². The van der Waals surface area contributed by atoms with Gasteiger partial charge in [0.25, 0.3) is 0 Å². The Morgan fingerprint density at radius 1 is 0.278 bits per heavy atom. The van der Waals surface area contributed by atoms with Gasteiger partial charge in [0.15, 0.2) is 17.5 Å². The fourth-order valence-corrected chi connectivity index (χ4v) is 7.02. The zero-order chi connectivity index (χ0) is 35.8. The molecule has 54 heavy (non-hydrogen) atoms. The first kappa shape index (κ1) is 31.2. The first-order valence-electron chi connectivity index (χ1n) is 17.9. The van der Waals surface area contributed by atoms with Crippen LogP contribution in [0.15, 0.2) is 188 Å². The van der Waals surface area contributed by atoms with Gasteiger partial charge in [-0.3, -0.25) is 9.13 Å². The van der Waals surface area contributed by atoms with Crippen LogP contribution in [0.5, 0.6) is 0 Å². The van der Waals surface area contributed by atoms with Gasteiger partial charge in [-0.1, -0.05) is 127 Å². The molecule has 10 aromatic rings. The molecule has 0 saturated carbocycles. The van der Waals surface area contributed by atoms with Gasteiger partial charge in [0.05, 0.1) is 22.1 Å². The molecule has 3 aromatic heterocycles. The Kier molecular flexibility index (Phi) is 7.66. The van der Waals surface area contributed by atoms with E-state index in [1.54, 1.807) is 0 Å². The number of para-hydroxylation sites is 2. The lowest BCUT2D eigenvalue weighted by atomic mass is 10.1. The minimum absolute atomic E-state index is 0.568. The van der Waals surface area contributed by atoms with Crippen molar-refractivity contribution in [1.29, 1.82) is 0 Å². The highest BCUT2D eigenvalue weighted by atomic mass is 15.1. The Labute approximate surface area is 311 Å². The van der Waals surface area contributed by atoms with E-state index >= 15 is 0 Å². The summed E-state index contributed by atoms with van der Waals surface area (Å²) in [7, 11) is 0. The van der Waals surface area contributed by atoms with E-state index in [4.69, 9.17) is 24.9 Å². The zero-order valence-electron chi connectivity index (χ0n) is 29.0. The van der Waals surface area contributed by atoms with E-state index in [2.05, 4.69) is 88.0 Å². The molecule has 0 bridgehead atoms. The molecule has 0 aliphatic rings. The summed E-state index contributed by atoms with van der Waals surface area (Å²) in [6, 6.07) is 63.8. The second-order valence-corrected chi connectivity index (χ2v) is 13.0. The van der Waals surface area contributed by atoms with Gasteiger partial charge in [-0.05, 0) is 60.7 Å². The predicted octanol–water partition coefficient (Wildman–Crippen LogP) is 10.9. The minimum Gasteiger partial charge on any atom is -0.292 e. The van der Waals surface area contributed by atoms with Crippen molar-refractivity contribution in [2.75, 3.05) is 0 Å². The van der Waals surface area contributed by atoms with Crippen molar-refractivity contribution in [2.45, 2.75) is 0 Å². The Morgan fingerprint density at radius 2 is 0.685 bits per heavy atom. The molecule has 0 aliphatic carbocycles. The molecule has 0 atom stereocenters. The summed E-state index contributed by atoms with van der Waals surface area (Å²) in [5.41, 5.74) is 10.4. The number of rotatable bonds is 7. The second-order valence-electron chi connectivity index (χ2n) is 13.0. The van der Waals surface area contributed by atoms with Crippen molar-refractivity contribution in [3.63, 3.8) is 0 Å².